The third-order valence-corrected chi connectivity index (χ3v) is 4.62. The molecule has 0 spiro atoms. The van der Waals surface area contributed by atoms with Gasteiger partial charge in [0.15, 0.2) is 0 Å². The summed E-state index contributed by atoms with van der Waals surface area (Å²) in [5.74, 6) is 0. The normalized spacial score (nSPS) is 11.4. The lowest BCUT2D eigenvalue weighted by atomic mass is 10.2. The summed E-state index contributed by atoms with van der Waals surface area (Å²) in [5, 5.41) is 16.4. The Morgan fingerprint density at radius 3 is 2.59 bits per heavy atom. The van der Waals surface area contributed by atoms with Gasteiger partial charge in [0.05, 0.1) is 16.6 Å². The maximum Gasteiger partial charge on any atom is 0.0895 e. The fraction of sp³-hybridized carbons (Fsp3) is 0.167. The van der Waals surface area contributed by atoms with Gasteiger partial charge in [-0.2, -0.15) is 0 Å². The van der Waals surface area contributed by atoms with Crippen molar-refractivity contribution in [3.05, 3.63) is 24.3 Å². The van der Waals surface area contributed by atoms with Crippen LogP contribution in [0.3, 0.4) is 0 Å². The minimum atomic E-state index is 0.148. The Balaban J connectivity index is 2.16. The van der Waals surface area contributed by atoms with E-state index in [1.54, 1.807) is 22.7 Å². The lowest BCUT2D eigenvalue weighted by Gasteiger charge is -1.97. The Morgan fingerprint density at radius 2 is 1.82 bits per heavy atom. The second-order valence-corrected chi connectivity index (χ2v) is 6.00. The van der Waals surface area contributed by atoms with E-state index in [1.165, 1.54) is 20.2 Å². The first-order chi connectivity index (χ1) is 8.28. The summed E-state index contributed by atoms with van der Waals surface area (Å²) in [5.41, 5.74) is 5.84. The highest BCUT2D eigenvalue weighted by atomic mass is 32.1. The maximum atomic E-state index is 8.80. The molecule has 0 amide bonds. The fourth-order valence-electron chi connectivity index (χ4n) is 1.92. The van der Waals surface area contributed by atoms with Crippen molar-refractivity contribution in [3.8, 4) is 0 Å². The highest BCUT2D eigenvalue weighted by Gasteiger charge is 2.07. The fourth-order valence-corrected chi connectivity index (χ4v) is 3.76. The molecule has 0 bridgehead atoms. The van der Waals surface area contributed by atoms with Crippen molar-refractivity contribution in [3.63, 3.8) is 0 Å². The first-order valence-corrected chi connectivity index (χ1v) is 6.97. The van der Waals surface area contributed by atoms with E-state index in [9.17, 15) is 0 Å². The maximum absolute atomic E-state index is 8.80. The number of aliphatic hydroxyl groups excluding tert-OH is 1. The van der Waals surface area contributed by atoms with E-state index in [-0.39, 0.29) is 6.61 Å². The van der Waals surface area contributed by atoms with Crippen LogP contribution in [0.25, 0.3) is 20.2 Å². The number of hydrogen-bond acceptors (Lipinski definition) is 5. The van der Waals surface area contributed by atoms with Crippen LogP contribution in [0.1, 0.15) is 0 Å². The van der Waals surface area contributed by atoms with Crippen molar-refractivity contribution in [2.75, 3.05) is 24.2 Å². The van der Waals surface area contributed by atoms with Gasteiger partial charge in [0.2, 0.25) is 0 Å². The predicted molar refractivity (Wildman–Crippen MR) is 77.2 cm³/mol. The van der Waals surface area contributed by atoms with Crippen molar-refractivity contribution in [2.45, 2.75) is 0 Å². The van der Waals surface area contributed by atoms with Crippen molar-refractivity contribution < 1.29 is 5.11 Å². The largest absolute Gasteiger partial charge is 0.395 e. The molecule has 0 aliphatic rings. The Morgan fingerprint density at radius 1 is 1.12 bits per heavy atom. The van der Waals surface area contributed by atoms with Crippen LogP contribution in [0, 0.1) is 0 Å². The van der Waals surface area contributed by atoms with Crippen molar-refractivity contribution in [1.29, 1.82) is 0 Å². The number of thiophene rings is 2. The van der Waals surface area contributed by atoms with Gasteiger partial charge in [0.25, 0.3) is 0 Å². The summed E-state index contributed by atoms with van der Waals surface area (Å²) >= 11 is 3.32. The summed E-state index contributed by atoms with van der Waals surface area (Å²) in [6.45, 7) is 0.733. The van der Waals surface area contributed by atoms with E-state index < -0.39 is 0 Å². The molecule has 2 aromatic heterocycles. The molecule has 0 atom stereocenters. The molecule has 88 valence electrons. The van der Waals surface area contributed by atoms with Gasteiger partial charge in [-0.25, -0.2) is 0 Å². The first kappa shape index (κ1) is 10.8. The smallest absolute Gasteiger partial charge is 0.0895 e. The van der Waals surface area contributed by atoms with Crippen LogP contribution in [0.2, 0.25) is 0 Å². The molecule has 5 heteroatoms. The Bertz CT molecular complexity index is 672. The molecule has 2 heterocycles. The summed E-state index contributed by atoms with van der Waals surface area (Å²) in [6, 6.07) is 8.41. The minimum absolute atomic E-state index is 0.148. The van der Waals surface area contributed by atoms with Gasteiger partial charge >= 0.3 is 0 Å². The molecular formula is C12H12N2OS2. The van der Waals surface area contributed by atoms with Crippen molar-refractivity contribution >= 4 is 52.8 Å². The molecule has 1 aromatic carbocycles. The van der Waals surface area contributed by atoms with Crippen LogP contribution in [-0.4, -0.2) is 18.3 Å². The number of rotatable bonds is 3. The van der Waals surface area contributed by atoms with E-state index in [4.69, 9.17) is 10.8 Å². The molecular weight excluding hydrogens is 252 g/mol. The third-order valence-electron chi connectivity index (χ3n) is 2.63. The van der Waals surface area contributed by atoms with Gasteiger partial charge in [-0.3, -0.25) is 0 Å². The van der Waals surface area contributed by atoms with Gasteiger partial charge < -0.3 is 16.2 Å². The number of fused-ring (bicyclic) bond motifs is 3. The van der Waals surface area contributed by atoms with E-state index in [0.717, 1.165) is 10.0 Å². The van der Waals surface area contributed by atoms with Crippen LogP contribution < -0.4 is 11.1 Å². The third kappa shape index (κ3) is 1.86. The second kappa shape index (κ2) is 4.18. The van der Waals surface area contributed by atoms with Gasteiger partial charge in [0.1, 0.15) is 0 Å². The molecule has 0 aliphatic heterocycles. The van der Waals surface area contributed by atoms with E-state index in [1.807, 2.05) is 6.07 Å². The molecule has 0 radical (unpaired) electrons. The van der Waals surface area contributed by atoms with Gasteiger partial charge in [-0.15, -0.1) is 22.7 Å². The Kier molecular flexibility index (Phi) is 2.66. The molecule has 0 aliphatic carbocycles. The number of nitrogens with two attached hydrogens (primary N) is 1. The molecule has 0 saturated heterocycles. The molecule has 3 nitrogen and oxygen atoms in total. The molecule has 0 unspecified atom stereocenters. The first-order valence-electron chi connectivity index (χ1n) is 5.34. The highest BCUT2D eigenvalue weighted by molar-refractivity contribution is 7.24. The summed E-state index contributed by atoms with van der Waals surface area (Å²) in [7, 11) is 0. The number of hydrogen-bond donors (Lipinski definition) is 3. The minimum Gasteiger partial charge on any atom is -0.395 e. The molecule has 17 heavy (non-hydrogen) atoms. The molecule has 4 N–H and O–H groups in total. The highest BCUT2D eigenvalue weighted by Crippen LogP contribution is 2.38. The van der Waals surface area contributed by atoms with Gasteiger partial charge in [-0.05, 0) is 24.3 Å². The van der Waals surface area contributed by atoms with Crippen LogP contribution >= 0.6 is 22.7 Å². The van der Waals surface area contributed by atoms with Crippen LogP contribution in [-0.2, 0) is 0 Å². The zero-order valence-electron chi connectivity index (χ0n) is 9.06. The average molecular weight is 264 g/mol. The molecule has 3 rings (SSSR count). The standard InChI is InChI=1S/C12H12N2OS2/c13-11-5-7-8-6-12(14-3-4-15)17-10(8)2-1-9(7)16-11/h1-2,5-6,14-15H,3-4,13H2. The molecule has 3 aromatic rings. The number of anilines is 2. The van der Waals surface area contributed by atoms with Crippen LogP contribution in [0.5, 0.6) is 0 Å². The van der Waals surface area contributed by atoms with E-state index in [2.05, 4.69) is 23.5 Å². The lowest BCUT2D eigenvalue weighted by Crippen LogP contribution is -2.03. The van der Waals surface area contributed by atoms with Crippen molar-refractivity contribution in [2.24, 2.45) is 0 Å². The zero-order valence-corrected chi connectivity index (χ0v) is 10.7. The van der Waals surface area contributed by atoms with E-state index in [0.29, 0.717) is 6.54 Å². The predicted octanol–water partition coefficient (Wildman–Crippen LogP) is 3.10. The summed E-state index contributed by atoms with van der Waals surface area (Å²) in [4.78, 5) is 0. The SMILES string of the molecule is Nc1cc2c(ccc3sc(NCCO)cc32)s1. The van der Waals surface area contributed by atoms with Gasteiger partial charge in [-0.1, -0.05) is 0 Å². The Labute approximate surface area is 106 Å². The number of nitrogen functional groups attached to an aromatic ring is 1. The molecule has 0 saturated carbocycles. The zero-order chi connectivity index (χ0) is 11.8. The monoisotopic (exact) mass is 264 g/mol. The molecule has 0 fully saturated rings. The number of benzene rings is 1. The van der Waals surface area contributed by atoms with E-state index >= 15 is 0 Å². The van der Waals surface area contributed by atoms with Crippen LogP contribution in [0.4, 0.5) is 10.0 Å². The topological polar surface area (TPSA) is 58.3 Å². The number of aliphatic hydroxyl groups is 1. The summed E-state index contributed by atoms with van der Waals surface area (Å²) in [6.07, 6.45) is 0. The average Bonchev–Trinajstić information content (AvgIpc) is 2.87. The van der Waals surface area contributed by atoms with Gasteiger partial charge in [0, 0.05) is 26.7 Å². The quantitative estimate of drug-likeness (QED) is 0.681. The lowest BCUT2D eigenvalue weighted by molar-refractivity contribution is 0.311. The second-order valence-electron chi connectivity index (χ2n) is 3.80. The number of nitrogens with one attached hydrogen (secondary N) is 1. The Hall–Kier alpha value is -1.30. The van der Waals surface area contributed by atoms with Crippen molar-refractivity contribution in [1.82, 2.24) is 0 Å². The summed E-state index contributed by atoms with van der Waals surface area (Å²) < 4.78 is 2.47. The van der Waals surface area contributed by atoms with Crippen LogP contribution in [0.15, 0.2) is 24.3 Å².